The van der Waals surface area contributed by atoms with Crippen LogP contribution in [0.5, 0.6) is 28.7 Å². The zero-order valence-corrected chi connectivity index (χ0v) is 39.2. The van der Waals surface area contributed by atoms with E-state index < -0.39 is 29.5 Å². The second-order valence-corrected chi connectivity index (χ2v) is 19.6. The summed E-state index contributed by atoms with van der Waals surface area (Å²) >= 11 is 0. The topological polar surface area (TPSA) is 187 Å². The standard InChI is InChI=1S/C54H66N4O9/c1-32(2)26-53(3,63)29-56-30-58-47-9-5-6-19-64-46-24-37(22-35(49(46)62)8-7-18-59)52-54(47,65-31-55-4)27-44-43-23-36(21-33-10-15-45-34(20-33)16-17-57-45)42-25-38(61)11-13-40(42)48(43)51-41(50(44)67-52)14-12-39(28-60)66-51/h10-11,13,15-16,20,22,24-25,32,36,39,47,52,55-56,58-63H,6-8,12,14,17-19,21,23,26-31H2,1-4H3. The Morgan fingerprint density at radius 1 is 1.03 bits per heavy atom. The Bertz CT molecular complexity index is 2670. The summed E-state index contributed by atoms with van der Waals surface area (Å²) < 4.78 is 28.0. The molecule has 4 aromatic carbocycles. The number of aliphatic hydroxyl groups excluding tert-OH is 2. The minimum atomic E-state index is -1.22. The average Bonchev–Trinajstić information content (AvgIpc) is 3.78. The summed E-state index contributed by atoms with van der Waals surface area (Å²) in [6.07, 6.45) is 5.64. The van der Waals surface area contributed by atoms with Gasteiger partial charge in [-0.1, -0.05) is 43.9 Å². The Hall–Kier alpha value is -5.17. The molecule has 0 fully saturated rings. The molecule has 4 aromatic rings. The molecule has 13 heteroatoms. The second kappa shape index (κ2) is 19.8. The van der Waals surface area contributed by atoms with Crippen LogP contribution in [0.2, 0.25) is 0 Å². The minimum absolute atomic E-state index is 0.0241. The molecule has 1 aliphatic carbocycles. The third-order valence-electron chi connectivity index (χ3n) is 14.0. The number of benzene rings is 4. The molecular formula is C54H66N4O9. The van der Waals surface area contributed by atoms with E-state index in [1.807, 2.05) is 38.2 Å². The van der Waals surface area contributed by atoms with Crippen molar-refractivity contribution in [3.63, 3.8) is 0 Å². The monoisotopic (exact) mass is 914 g/mol. The maximum Gasteiger partial charge on any atom is 0.161 e. The van der Waals surface area contributed by atoms with Crippen molar-refractivity contribution in [2.45, 2.75) is 114 Å². The number of hydrogen-bond acceptors (Lipinski definition) is 13. The number of nitrogens with zero attached hydrogens (tertiary/aromatic N) is 1. The number of aliphatic hydroxyl groups is 3. The fourth-order valence-electron chi connectivity index (χ4n) is 11.1. The number of phenols is 2. The number of ether oxygens (including phenoxy) is 4. The van der Waals surface area contributed by atoms with Gasteiger partial charge in [0.15, 0.2) is 17.6 Å². The van der Waals surface area contributed by atoms with E-state index in [9.17, 15) is 25.5 Å². The van der Waals surface area contributed by atoms with E-state index in [0.717, 1.165) is 49.5 Å². The van der Waals surface area contributed by atoms with Gasteiger partial charge in [0, 0.05) is 49.4 Å². The van der Waals surface area contributed by atoms with Gasteiger partial charge in [-0.3, -0.25) is 15.6 Å². The van der Waals surface area contributed by atoms with Gasteiger partial charge in [-0.25, -0.2) is 0 Å². The first-order valence-electron chi connectivity index (χ1n) is 24.1. The van der Waals surface area contributed by atoms with Crippen molar-refractivity contribution < 1.29 is 44.5 Å². The summed E-state index contributed by atoms with van der Waals surface area (Å²) in [7, 11) is 1.84. The van der Waals surface area contributed by atoms with Crippen LogP contribution in [0.4, 0.5) is 0 Å². The zero-order chi connectivity index (χ0) is 46.9. The van der Waals surface area contributed by atoms with Gasteiger partial charge in [0.25, 0.3) is 0 Å². The van der Waals surface area contributed by atoms with E-state index in [2.05, 4.69) is 70.9 Å². The first-order valence-corrected chi connectivity index (χ1v) is 24.1. The maximum absolute atomic E-state index is 11.6. The van der Waals surface area contributed by atoms with Crippen LogP contribution in [0.3, 0.4) is 0 Å². The number of fused-ring (bicyclic) bond motifs is 13. The van der Waals surface area contributed by atoms with Crippen molar-refractivity contribution in [3.8, 4) is 51.7 Å². The van der Waals surface area contributed by atoms with Crippen molar-refractivity contribution in [3.05, 3.63) is 98.1 Å². The van der Waals surface area contributed by atoms with E-state index in [0.29, 0.717) is 106 Å². The van der Waals surface area contributed by atoms with Crippen molar-refractivity contribution >= 4 is 6.08 Å². The minimum Gasteiger partial charge on any atom is -0.508 e. The van der Waals surface area contributed by atoms with Gasteiger partial charge in [-0.2, -0.15) is 0 Å². The molecule has 0 saturated carbocycles. The molecule has 13 nitrogen and oxygen atoms in total. The maximum atomic E-state index is 11.6. The Morgan fingerprint density at radius 3 is 2.70 bits per heavy atom. The Kier molecular flexibility index (Phi) is 13.9. The smallest absolute Gasteiger partial charge is 0.161 e. The van der Waals surface area contributed by atoms with E-state index >= 15 is 0 Å². The van der Waals surface area contributed by atoms with Crippen LogP contribution in [0, 0.1) is 17.8 Å². The quantitative estimate of drug-likeness (QED) is 0.0452. The number of nitrogens with one attached hydrogen (secondary N) is 3. The van der Waals surface area contributed by atoms with Gasteiger partial charge in [0.2, 0.25) is 0 Å². The molecule has 5 aliphatic rings. The van der Waals surface area contributed by atoms with E-state index in [1.165, 1.54) is 5.56 Å². The van der Waals surface area contributed by atoms with Crippen molar-refractivity contribution in [1.82, 2.24) is 16.0 Å². The molecule has 0 saturated heterocycles. The highest BCUT2D eigenvalue weighted by molar-refractivity contribution is 5.85. The third kappa shape index (κ3) is 9.50. The molecule has 4 heterocycles. The second-order valence-electron chi connectivity index (χ2n) is 19.6. The average molecular weight is 915 g/mol. The summed E-state index contributed by atoms with van der Waals surface area (Å²) in [4.78, 5) is 4.63. The van der Waals surface area contributed by atoms with Crippen LogP contribution in [0.1, 0.15) is 97.4 Å². The fourth-order valence-corrected chi connectivity index (χ4v) is 11.1. The molecule has 2 bridgehead atoms. The molecule has 8 N–H and O–H groups in total. The van der Waals surface area contributed by atoms with Crippen LogP contribution >= 0.6 is 0 Å². The van der Waals surface area contributed by atoms with Gasteiger partial charge in [-0.15, -0.1) is 0 Å². The predicted molar refractivity (Wildman–Crippen MR) is 256 cm³/mol. The van der Waals surface area contributed by atoms with Crippen LogP contribution < -0.4 is 40.7 Å². The number of phenolic OH excluding ortho intramolecular Hbond substituents is 2. The zero-order valence-electron chi connectivity index (χ0n) is 39.2. The Balaban J connectivity index is 1.25. The molecule has 0 radical (unpaired) electrons. The molecule has 0 spiro atoms. The lowest BCUT2D eigenvalue weighted by Crippen LogP contribution is -2.62. The lowest BCUT2D eigenvalue weighted by Gasteiger charge is -2.49. The van der Waals surface area contributed by atoms with E-state index in [4.69, 9.17) is 18.9 Å². The predicted octanol–water partition coefficient (Wildman–Crippen LogP) is 4.37. The van der Waals surface area contributed by atoms with Gasteiger partial charge >= 0.3 is 0 Å². The molecule has 0 amide bonds. The fraction of sp³-hybridized carbons (Fsp3) is 0.500. The van der Waals surface area contributed by atoms with Crippen molar-refractivity contribution in [2.24, 2.45) is 10.9 Å². The summed E-state index contributed by atoms with van der Waals surface area (Å²) in [6, 6.07) is 15.3. The lowest BCUT2D eigenvalue weighted by atomic mass is 9.69. The Morgan fingerprint density at radius 2 is 1.90 bits per heavy atom. The van der Waals surface area contributed by atoms with Gasteiger partial charge in [0.1, 0.15) is 35.0 Å². The van der Waals surface area contributed by atoms with Crippen molar-refractivity contribution in [2.75, 3.05) is 53.4 Å². The molecule has 356 valence electrons. The number of hydrogen-bond donors (Lipinski definition) is 8. The summed E-state index contributed by atoms with van der Waals surface area (Å²) in [6.45, 7) is 7.60. The number of aromatic hydroxyl groups is 2. The SMILES string of the molecule is CNCOC12Cc3c4c(c5c(c3OC1c1cc(CCCO)c(O)c(c1)OCCC#CC2NCNCC(C)(O)CC(C)C)CCC(CO)O5)-c1ccc(O)cc1C(Cc1ccc2c(c1)=CCN=2)C4. The highest BCUT2D eigenvalue weighted by atomic mass is 16.6. The van der Waals surface area contributed by atoms with E-state index in [1.54, 1.807) is 6.07 Å². The van der Waals surface area contributed by atoms with Gasteiger partial charge in [-0.05, 0) is 146 Å². The molecule has 4 aliphatic heterocycles. The molecule has 9 rings (SSSR count). The van der Waals surface area contributed by atoms with Crippen LogP contribution in [-0.2, 0) is 36.8 Å². The first kappa shape index (κ1) is 46.9. The third-order valence-corrected chi connectivity index (χ3v) is 14.0. The van der Waals surface area contributed by atoms with Crippen molar-refractivity contribution in [1.29, 1.82) is 0 Å². The molecular weight excluding hydrogens is 849 g/mol. The summed E-state index contributed by atoms with van der Waals surface area (Å²) in [5.74, 6) is 9.17. The summed E-state index contributed by atoms with van der Waals surface area (Å²) in [5, 5.41) is 66.9. The van der Waals surface area contributed by atoms with Crippen LogP contribution in [0.15, 0.2) is 53.5 Å². The molecule has 0 aromatic heterocycles. The largest absolute Gasteiger partial charge is 0.508 e. The number of aryl methyl sites for hydroxylation is 1. The summed E-state index contributed by atoms with van der Waals surface area (Å²) in [5.41, 5.74) is 6.28. The normalized spacial score (nSPS) is 23.0. The molecule has 6 unspecified atom stereocenters. The first-order chi connectivity index (χ1) is 32.4. The number of rotatable bonds is 16. The lowest BCUT2D eigenvalue weighted by molar-refractivity contribution is -0.141. The van der Waals surface area contributed by atoms with Gasteiger partial charge in [0.05, 0.1) is 37.4 Å². The molecule has 6 atom stereocenters. The Labute approximate surface area is 393 Å². The van der Waals surface area contributed by atoms with E-state index in [-0.39, 0.29) is 44.0 Å². The van der Waals surface area contributed by atoms with Crippen LogP contribution in [0.25, 0.3) is 17.2 Å². The molecule has 67 heavy (non-hydrogen) atoms. The van der Waals surface area contributed by atoms with Gasteiger partial charge < -0.3 is 49.8 Å². The highest BCUT2D eigenvalue weighted by Gasteiger charge is 2.54. The van der Waals surface area contributed by atoms with Crippen LogP contribution in [-0.4, -0.2) is 102 Å². The highest BCUT2D eigenvalue weighted by Crippen LogP contribution is 2.58.